The number of hydrogen-bond donors (Lipinski definition) is 3. The van der Waals surface area contributed by atoms with Crippen molar-refractivity contribution in [3.05, 3.63) is 12.4 Å². The van der Waals surface area contributed by atoms with Gasteiger partial charge in [-0.15, -0.1) is 0 Å². The van der Waals surface area contributed by atoms with Gasteiger partial charge in [0.1, 0.15) is 11.6 Å². The zero-order valence-corrected chi connectivity index (χ0v) is 9.26. The van der Waals surface area contributed by atoms with E-state index in [9.17, 15) is 5.11 Å². The highest BCUT2D eigenvalue weighted by atomic mass is 16.3. The van der Waals surface area contributed by atoms with Crippen molar-refractivity contribution in [1.82, 2.24) is 9.97 Å². The molecule has 5 heteroatoms. The van der Waals surface area contributed by atoms with Gasteiger partial charge in [-0.3, -0.25) is 4.98 Å². The van der Waals surface area contributed by atoms with Crippen LogP contribution in [-0.4, -0.2) is 27.7 Å². The van der Waals surface area contributed by atoms with E-state index in [1.165, 1.54) is 19.0 Å². The lowest BCUT2D eigenvalue weighted by Crippen LogP contribution is -2.34. The minimum absolute atomic E-state index is 0.230. The van der Waals surface area contributed by atoms with E-state index in [1.807, 2.05) is 0 Å². The molecule has 0 amide bonds. The summed E-state index contributed by atoms with van der Waals surface area (Å²) < 4.78 is 0. The first-order chi connectivity index (χ1) is 7.79. The van der Waals surface area contributed by atoms with E-state index in [2.05, 4.69) is 15.3 Å². The summed E-state index contributed by atoms with van der Waals surface area (Å²) in [6.07, 6.45) is 7.73. The molecule has 2 rings (SSSR count). The van der Waals surface area contributed by atoms with Gasteiger partial charge in [0.05, 0.1) is 12.4 Å². The van der Waals surface area contributed by atoms with Gasteiger partial charge in [0.2, 0.25) is 0 Å². The van der Waals surface area contributed by atoms with E-state index in [0.717, 1.165) is 12.8 Å². The van der Waals surface area contributed by atoms with Gasteiger partial charge in [-0.1, -0.05) is 12.8 Å². The fourth-order valence-corrected chi connectivity index (χ4v) is 2.26. The average molecular weight is 222 g/mol. The molecule has 1 aromatic heterocycles. The van der Waals surface area contributed by atoms with E-state index < -0.39 is 0 Å². The summed E-state index contributed by atoms with van der Waals surface area (Å²) in [6, 6.07) is 0.287. The number of anilines is 2. The van der Waals surface area contributed by atoms with Crippen molar-refractivity contribution in [2.75, 3.05) is 17.7 Å². The predicted octanol–water partition coefficient (Wildman–Crippen LogP) is 1.02. The van der Waals surface area contributed by atoms with Crippen LogP contribution in [0.2, 0.25) is 0 Å². The molecule has 0 aliphatic heterocycles. The largest absolute Gasteiger partial charge is 0.396 e. The van der Waals surface area contributed by atoms with Gasteiger partial charge in [-0.05, 0) is 12.8 Å². The Balaban J connectivity index is 2.02. The summed E-state index contributed by atoms with van der Waals surface area (Å²) >= 11 is 0. The van der Waals surface area contributed by atoms with E-state index in [4.69, 9.17) is 5.73 Å². The van der Waals surface area contributed by atoms with Crippen LogP contribution in [0.1, 0.15) is 25.7 Å². The van der Waals surface area contributed by atoms with Crippen LogP contribution in [0.4, 0.5) is 11.6 Å². The van der Waals surface area contributed by atoms with E-state index in [-0.39, 0.29) is 12.6 Å². The van der Waals surface area contributed by atoms with Crippen molar-refractivity contribution in [2.45, 2.75) is 31.7 Å². The molecule has 1 aromatic rings. The molecule has 0 radical (unpaired) electrons. The summed E-state index contributed by atoms with van der Waals surface area (Å²) in [5.74, 6) is 1.43. The standard InChI is InChI=1S/C11H18N4O/c12-10-5-13-6-11(15-10)14-9-4-2-1-3-8(9)7-16/h5-6,8-9,16H,1-4,7H2,(H3,12,14,15). The van der Waals surface area contributed by atoms with Gasteiger partial charge in [0, 0.05) is 18.6 Å². The van der Waals surface area contributed by atoms with Crippen molar-refractivity contribution in [2.24, 2.45) is 5.92 Å². The molecule has 1 saturated carbocycles. The molecular formula is C11H18N4O. The van der Waals surface area contributed by atoms with Gasteiger partial charge in [-0.2, -0.15) is 0 Å². The van der Waals surface area contributed by atoms with Crippen LogP contribution in [-0.2, 0) is 0 Å². The molecule has 88 valence electrons. The van der Waals surface area contributed by atoms with E-state index >= 15 is 0 Å². The number of nitrogen functional groups attached to an aromatic ring is 1. The van der Waals surface area contributed by atoms with Crippen LogP contribution in [0.25, 0.3) is 0 Å². The molecule has 0 aromatic carbocycles. The molecule has 16 heavy (non-hydrogen) atoms. The van der Waals surface area contributed by atoms with Crippen LogP contribution < -0.4 is 11.1 Å². The number of aliphatic hydroxyl groups is 1. The first kappa shape index (κ1) is 11.1. The highest BCUT2D eigenvalue weighted by molar-refractivity contribution is 5.39. The van der Waals surface area contributed by atoms with Crippen molar-refractivity contribution < 1.29 is 5.11 Å². The fraction of sp³-hybridized carbons (Fsp3) is 0.636. The average Bonchev–Trinajstić information content (AvgIpc) is 2.30. The quantitative estimate of drug-likeness (QED) is 0.711. The van der Waals surface area contributed by atoms with E-state index in [0.29, 0.717) is 17.6 Å². The minimum atomic E-state index is 0.230. The number of nitrogens with two attached hydrogens (primary N) is 1. The van der Waals surface area contributed by atoms with Crippen molar-refractivity contribution in [3.8, 4) is 0 Å². The predicted molar refractivity (Wildman–Crippen MR) is 62.9 cm³/mol. The highest BCUT2D eigenvalue weighted by Gasteiger charge is 2.24. The number of nitrogens with one attached hydrogen (secondary N) is 1. The molecule has 2 unspecified atom stereocenters. The van der Waals surface area contributed by atoms with Gasteiger partial charge in [0.25, 0.3) is 0 Å². The number of rotatable bonds is 3. The second-order valence-corrected chi connectivity index (χ2v) is 4.31. The molecule has 0 bridgehead atoms. The Morgan fingerprint density at radius 3 is 2.94 bits per heavy atom. The van der Waals surface area contributed by atoms with Crippen molar-refractivity contribution in [1.29, 1.82) is 0 Å². The number of aromatic nitrogens is 2. The maximum Gasteiger partial charge on any atom is 0.147 e. The zero-order chi connectivity index (χ0) is 11.4. The summed E-state index contributed by atoms with van der Waals surface area (Å²) in [7, 11) is 0. The molecule has 2 atom stereocenters. The van der Waals surface area contributed by atoms with Crippen LogP contribution in [0.5, 0.6) is 0 Å². The second kappa shape index (κ2) is 5.12. The molecule has 5 nitrogen and oxygen atoms in total. The van der Waals surface area contributed by atoms with Crippen LogP contribution in [0, 0.1) is 5.92 Å². The fourth-order valence-electron chi connectivity index (χ4n) is 2.26. The Morgan fingerprint density at radius 1 is 1.38 bits per heavy atom. The Hall–Kier alpha value is -1.36. The molecule has 1 fully saturated rings. The summed E-state index contributed by atoms with van der Waals surface area (Å²) in [4.78, 5) is 8.15. The van der Waals surface area contributed by atoms with Crippen molar-refractivity contribution in [3.63, 3.8) is 0 Å². The smallest absolute Gasteiger partial charge is 0.147 e. The molecule has 0 spiro atoms. The van der Waals surface area contributed by atoms with Gasteiger partial charge >= 0.3 is 0 Å². The van der Waals surface area contributed by atoms with Crippen LogP contribution >= 0.6 is 0 Å². The van der Waals surface area contributed by atoms with E-state index in [1.54, 1.807) is 6.20 Å². The zero-order valence-electron chi connectivity index (χ0n) is 9.26. The Labute approximate surface area is 95.1 Å². The maximum atomic E-state index is 9.29. The van der Waals surface area contributed by atoms with Crippen LogP contribution in [0.3, 0.4) is 0 Å². The SMILES string of the molecule is Nc1cncc(NC2CCCCC2CO)n1. The molecule has 1 heterocycles. The third kappa shape index (κ3) is 2.61. The minimum Gasteiger partial charge on any atom is -0.396 e. The van der Waals surface area contributed by atoms with Crippen LogP contribution in [0.15, 0.2) is 12.4 Å². The number of hydrogen-bond acceptors (Lipinski definition) is 5. The molecule has 4 N–H and O–H groups in total. The molecule has 0 saturated heterocycles. The summed E-state index contributed by atoms with van der Waals surface area (Å²) in [5, 5.41) is 12.6. The second-order valence-electron chi connectivity index (χ2n) is 4.31. The summed E-state index contributed by atoms with van der Waals surface area (Å²) in [5.41, 5.74) is 5.57. The van der Waals surface area contributed by atoms with Gasteiger partial charge in [-0.25, -0.2) is 4.98 Å². The lowest BCUT2D eigenvalue weighted by atomic mass is 9.85. The summed E-state index contributed by atoms with van der Waals surface area (Å²) in [6.45, 7) is 0.230. The number of nitrogens with zero attached hydrogens (tertiary/aromatic N) is 2. The Morgan fingerprint density at radius 2 is 2.19 bits per heavy atom. The third-order valence-corrected chi connectivity index (χ3v) is 3.13. The first-order valence-electron chi connectivity index (χ1n) is 5.74. The number of aliphatic hydroxyl groups excluding tert-OH is 1. The normalized spacial score (nSPS) is 25.3. The first-order valence-corrected chi connectivity index (χ1v) is 5.74. The topological polar surface area (TPSA) is 84.1 Å². The maximum absolute atomic E-state index is 9.29. The Bertz CT molecular complexity index is 345. The highest BCUT2D eigenvalue weighted by Crippen LogP contribution is 2.26. The van der Waals surface area contributed by atoms with Gasteiger partial charge in [0.15, 0.2) is 0 Å². The van der Waals surface area contributed by atoms with Crippen molar-refractivity contribution >= 4 is 11.6 Å². The molecule has 1 aliphatic carbocycles. The third-order valence-electron chi connectivity index (χ3n) is 3.13. The molecular weight excluding hydrogens is 204 g/mol. The molecule has 1 aliphatic rings. The monoisotopic (exact) mass is 222 g/mol. The Kier molecular flexibility index (Phi) is 3.56. The lowest BCUT2D eigenvalue weighted by Gasteiger charge is -2.31. The van der Waals surface area contributed by atoms with Gasteiger partial charge < -0.3 is 16.2 Å². The lowest BCUT2D eigenvalue weighted by molar-refractivity contribution is 0.178.